The molecule has 0 heterocycles. The molecular formula is C27H44F6N2O2. The third-order valence-electron chi connectivity index (χ3n) is 9.78. The molecule has 0 radical (unpaired) electrons. The maximum Gasteiger partial charge on any atom is 0.403 e. The lowest BCUT2D eigenvalue weighted by atomic mass is 9.57. The fraction of sp³-hybridized carbons (Fsp3) is 1.00. The van der Waals surface area contributed by atoms with Gasteiger partial charge in [0, 0.05) is 12.1 Å². The van der Waals surface area contributed by atoms with E-state index in [4.69, 9.17) is 20.9 Å². The quantitative estimate of drug-likeness (QED) is 0.363. The molecule has 4 N–H and O–H groups in total. The molecule has 0 amide bonds. The van der Waals surface area contributed by atoms with E-state index in [-0.39, 0.29) is 87.9 Å². The highest BCUT2D eigenvalue weighted by Crippen LogP contribution is 2.65. The van der Waals surface area contributed by atoms with Gasteiger partial charge in [0.15, 0.2) is 5.41 Å². The molecule has 0 aromatic rings. The molecular weight excluding hydrogens is 498 g/mol. The van der Waals surface area contributed by atoms with Gasteiger partial charge in [0.1, 0.15) is 0 Å². The number of rotatable bonds is 6. The van der Waals surface area contributed by atoms with Crippen molar-refractivity contribution < 1.29 is 35.8 Å². The van der Waals surface area contributed by atoms with E-state index in [0.29, 0.717) is 0 Å². The normalized spacial score (nSPS) is 38.9. The molecule has 4 saturated carbocycles. The molecule has 37 heavy (non-hydrogen) atoms. The zero-order valence-electron chi connectivity index (χ0n) is 21.7. The molecule has 0 spiro atoms. The van der Waals surface area contributed by atoms with E-state index in [9.17, 15) is 26.3 Å². The zero-order chi connectivity index (χ0) is 26.8. The Hall–Kier alpha value is -0.580. The van der Waals surface area contributed by atoms with Gasteiger partial charge in [0.25, 0.3) is 0 Å². The third-order valence-corrected chi connectivity index (χ3v) is 9.78. The smallest absolute Gasteiger partial charge is 0.375 e. The second kappa shape index (κ2) is 11.9. The number of halogens is 6. The van der Waals surface area contributed by atoms with E-state index in [1.165, 1.54) is 0 Å². The second-order valence-electron chi connectivity index (χ2n) is 12.2. The van der Waals surface area contributed by atoms with Crippen LogP contribution < -0.4 is 11.5 Å². The van der Waals surface area contributed by atoms with Crippen LogP contribution in [0, 0.1) is 17.3 Å². The van der Waals surface area contributed by atoms with Crippen molar-refractivity contribution in [2.24, 2.45) is 28.7 Å². The monoisotopic (exact) mass is 542 g/mol. The van der Waals surface area contributed by atoms with E-state index >= 15 is 0 Å². The molecule has 4 aliphatic carbocycles. The lowest BCUT2D eigenvalue weighted by Crippen LogP contribution is -2.61. The van der Waals surface area contributed by atoms with Crippen molar-refractivity contribution in [2.75, 3.05) is 0 Å². The van der Waals surface area contributed by atoms with Crippen molar-refractivity contribution in [3.8, 4) is 0 Å². The molecule has 4 aliphatic rings. The first-order valence-electron chi connectivity index (χ1n) is 14.4. The maximum atomic E-state index is 14.6. The lowest BCUT2D eigenvalue weighted by molar-refractivity contribution is -0.383. The number of alkyl halides is 6. The molecule has 0 saturated heterocycles. The van der Waals surface area contributed by atoms with Gasteiger partial charge in [-0.25, -0.2) is 0 Å². The van der Waals surface area contributed by atoms with Gasteiger partial charge in [-0.05, 0) is 115 Å². The zero-order valence-corrected chi connectivity index (χ0v) is 21.7. The van der Waals surface area contributed by atoms with E-state index in [0.717, 1.165) is 51.4 Å². The van der Waals surface area contributed by atoms with Crippen LogP contribution in [-0.4, -0.2) is 48.9 Å². The van der Waals surface area contributed by atoms with Crippen LogP contribution >= 0.6 is 0 Å². The minimum absolute atomic E-state index is 0.00604. The van der Waals surface area contributed by atoms with Crippen molar-refractivity contribution in [3.05, 3.63) is 0 Å². The predicted molar refractivity (Wildman–Crippen MR) is 129 cm³/mol. The van der Waals surface area contributed by atoms with Crippen LogP contribution in [0.25, 0.3) is 0 Å². The topological polar surface area (TPSA) is 70.5 Å². The summed E-state index contributed by atoms with van der Waals surface area (Å²) in [7, 11) is 0. The largest absolute Gasteiger partial charge is 0.403 e. The predicted octanol–water partition coefficient (Wildman–Crippen LogP) is 6.79. The van der Waals surface area contributed by atoms with Gasteiger partial charge in [0.05, 0.1) is 24.4 Å². The first-order valence-corrected chi connectivity index (χ1v) is 14.4. The van der Waals surface area contributed by atoms with Crippen LogP contribution in [0.15, 0.2) is 0 Å². The molecule has 0 aromatic carbocycles. The lowest BCUT2D eigenvalue weighted by Gasteiger charge is -2.51. The van der Waals surface area contributed by atoms with E-state index in [1.807, 2.05) is 0 Å². The SMILES string of the molecule is NC1CCC(OC2CCC(C(C3CCC(OC4CCC(N)CC4)CC3)(C(F)(F)F)C(F)(F)F)CC2)CC1. The van der Waals surface area contributed by atoms with Gasteiger partial charge in [0.2, 0.25) is 0 Å². The number of hydrogen-bond acceptors (Lipinski definition) is 4. The fourth-order valence-corrected chi connectivity index (χ4v) is 7.72. The van der Waals surface area contributed by atoms with Crippen molar-refractivity contribution in [1.29, 1.82) is 0 Å². The summed E-state index contributed by atoms with van der Waals surface area (Å²) in [5.74, 6) is -2.95. The summed E-state index contributed by atoms with van der Waals surface area (Å²) in [6, 6.07) is 0.299. The molecule has 0 atom stereocenters. The molecule has 216 valence electrons. The second-order valence-corrected chi connectivity index (χ2v) is 12.2. The standard InChI is InChI=1S/C27H44F6N2O2/c28-26(29,30)25(27(31,32)33,17-1-9-21(10-2-17)36-23-13-5-19(34)6-14-23)18-3-11-22(12-4-18)37-24-15-7-20(35)8-16-24/h17-24H,1-16,34-35H2. The van der Waals surface area contributed by atoms with Gasteiger partial charge >= 0.3 is 12.4 Å². The Kier molecular flexibility index (Phi) is 9.45. The molecule has 0 bridgehead atoms. The molecule has 0 unspecified atom stereocenters. The molecule has 4 nitrogen and oxygen atoms in total. The van der Waals surface area contributed by atoms with Crippen molar-refractivity contribution >= 4 is 0 Å². The summed E-state index contributed by atoms with van der Waals surface area (Å²) in [5.41, 5.74) is 8.18. The van der Waals surface area contributed by atoms with Gasteiger partial charge in [-0.1, -0.05) is 0 Å². The summed E-state index contributed by atoms with van der Waals surface area (Å²) in [6.45, 7) is 0. The summed E-state index contributed by atoms with van der Waals surface area (Å²) in [4.78, 5) is 0. The van der Waals surface area contributed by atoms with Crippen LogP contribution in [-0.2, 0) is 9.47 Å². The van der Waals surface area contributed by atoms with Crippen LogP contribution in [0.3, 0.4) is 0 Å². The summed E-state index contributed by atoms with van der Waals surface area (Å²) in [6.07, 6.45) is -4.21. The number of ether oxygens (including phenoxy) is 2. The highest BCUT2D eigenvalue weighted by Gasteiger charge is 2.76. The minimum atomic E-state index is -5.36. The average molecular weight is 543 g/mol. The molecule has 0 aliphatic heterocycles. The highest BCUT2D eigenvalue weighted by atomic mass is 19.4. The Morgan fingerprint density at radius 2 is 0.649 bits per heavy atom. The summed E-state index contributed by atoms with van der Waals surface area (Å²) >= 11 is 0. The van der Waals surface area contributed by atoms with Gasteiger partial charge in [-0.15, -0.1) is 0 Å². The average Bonchev–Trinajstić information content (AvgIpc) is 2.83. The number of hydrogen-bond donors (Lipinski definition) is 2. The van der Waals surface area contributed by atoms with Crippen molar-refractivity contribution in [1.82, 2.24) is 0 Å². The first-order chi connectivity index (χ1) is 17.4. The van der Waals surface area contributed by atoms with E-state index in [2.05, 4.69) is 0 Å². The van der Waals surface area contributed by atoms with Crippen LogP contribution in [0.4, 0.5) is 26.3 Å². The fourth-order valence-electron chi connectivity index (χ4n) is 7.72. The maximum absolute atomic E-state index is 14.6. The van der Waals surface area contributed by atoms with Gasteiger partial charge < -0.3 is 20.9 Å². The molecule has 0 aromatic heterocycles. The van der Waals surface area contributed by atoms with E-state index in [1.54, 1.807) is 0 Å². The Morgan fingerprint density at radius 3 is 0.892 bits per heavy atom. The van der Waals surface area contributed by atoms with Crippen LogP contribution in [0.1, 0.15) is 103 Å². The first kappa shape index (κ1) is 29.4. The van der Waals surface area contributed by atoms with Crippen molar-refractivity contribution in [3.63, 3.8) is 0 Å². The van der Waals surface area contributed by atoms with Gasteiger partial charge in [-0.2, -0.15) is 26.3 Å². The molecule has 10 heteroatoms. The van der Waals surface area contributed by atoms with Crippen LogP contribution in [0.5, 0.6) is 0 Å². The van der Waals surface area contributed by atoms with Crippen molar-refractivity contribution in [2.45, 2.75) is 152 Å². The van der Waals surface area contributed by atoms with Crippen LogP contribution in [0.2, 0.25) is 0 Å². The Bertz CT molecular complexity index is 641. The molecule has 4 fully saturated rings. The summed E-state index contributed by atoms with van der Waals surface area (Å²) in [5, 5.41) is 0. The van der Waals surface area contributed by atoms with Gasteiger partial charge in [-0.3, -0.25) is 0 Å². The highest BCUT2D eigenvalue weighted by molar-refractivity contribution is 5.05. The Balaban J connectivity index is 1.40. The number of nitrogens with two attached hydrogens (primary N) is 2. The molecule has 4 rings (SSSR count). The summed E-state index contributed by atoms with van der Waals surface area (Å²) < 4.78 is 100. The third kappa shape index (κ3) is 6.60. The Morgan fingerprint density at radius 1 is 0.405 bits per heavy atom. The van der Waals surface area contributed by atoms with E-state index < -0.39 is 29.6 Å². The Labute approximate surface area is 216 Å². The minimum Gasteiger partial charge on any atom is -0.375 e.